The first kappa shape index (κ1) is 44.7. The maximum absolute atomic E-state index is 13.7. The van der Waals surface area contributed by atoms with Crippen LogP contribution in [-0.4, -0.2) is 96.0 Å². The number of H-pyrrole nitrogens is 1. The van der Waals surface area contributed by atoms with Gasteiger partial charge in [0.05, 0.1) is 50.0 Å². The van der Waals surface area contributed by atoms with Crippen molar-refractivity contribution in [2.24, 2.45) is 5.92 Å². The van der Waals surface area contributed by atoms with Crippen LogP contribution in [-0.2, 0) is 38.8 Å². The summed E-state index contributed by atoms with van der Waals surface area (Å²) in [6, 6.07) is 33.7. The zero-order valence-electron chi connectivity index (χ0n) is 36.4. The third-order valence-electron chi connectivity index (χ3n) is 12.2. The van der Waals surface area contributed by atoms with Gasteiger partial charge in [-0.3, -0.25) is 24.5 Å². The van der Waals surface area contributed by atoms with Crippen LogP contribution in [0.15, 0.2) is 125 Å². The minimum absolute atomic E-state index is 0.00285. The molecule has 1 amide bonds. The van der Waals surface area contributed by atoms with Crippen molar-refractivity contribution in [1.29, 1.82) is 0 Å². The van der Waals surface area contributed by atoms with Gasteiger partial charge in [-0.2, -0.15) is 4.98 Å². The number of nitrogens with one attached hydrogen (secondary N) is 2. The average molecular weight is 923 g/mol. The molecule has 0 aliphatic carbocycles. The zero-order chi connectivity index (χ0) is 45.3. The quantitative estimate of drug-likeness (QED) is 0.0750. The monoisotopic (exact) mass is 922 g/mol. The molecule has 0 saturated carbocycles. The number of anilines is 1. The van der Waals surface area contributed by atoms with E-state index in [-0.39, 0.29) is 58.7 Å². The van der Waals surface area contributed by atoms with Gasteiger partial charge >= 0.3 is 0 Å². The van der Waals surface area contributed by atoms with Crippen LogP contribution in [0.25, 0.3) is 11.2 Å². The Morgan fingerprint density at radius 2 is 1.54 bits per heavy atom. The van der Waals surface area contributed by atoms with Crippen molar-refractivity contribution >= 4 is 41.4 Å². The third-order valence-corrected chi connectivity index (χ3v) is 15.7. The number of benzene rings is 4. The summed E-state index contributed by atoms with van der Waals surface area (Å²) in [7, 11) is -2.16. The first-order valence-electron chi connectivity index (χ1n) is 21.6. The van der Waals surface area contributed by atoms with Crippen molar-refractivity contribution in [1.82, 2.24) is 24.2 Å². The van der Waals surface area contributed by atoms with E-state index in [2.05, 4.69) is 24.9 Å². The number of imidazole rings is 1. The number of hydrogen-bond acceptors (Lipinski definition) is 13. The Hall–Kier alpha value is -5.52. The number of ether oxygens (including phenoxy) is 4. The summed E-state index contributed by atoms with van der Waals surface area (Å²) in [6.45, 7) is 4.17. The zero-order valence-corrected chi connectivity index (χ0v) is 38.1. The number of aromatic nitrogens is 4. The van der Waals surface area contributed by atoms with Gasteiger partial charge in [0.2, 0.25) is 11.9 Å². The first-order valence-corrected chi connectivity index (χ1v) is 24.4. The molecule has 0 spiro atoms. The Morgan fingerprint density at radius 3 is 2.17 bits per heavy atom. The van der Waals surface area contributed by atoms with Gasteiger partial charge in [-0.1, -0.05) is 86.6 Å². The Balaban J connectivity index is 1.08. The molecule has 6 aromatic rings. The van der Waals surface area contributed by atoms with Crippen LogP contribution in [0.2, 0.25) is 0 Å². The molecule has 3 aliphatic rings. The van der Waals surface area contributed by atoms with E-state index in [1.165, 1.54) is 6.33 Å². The lowest BCUT2D eigenvalue weighted by atomic mass is 9.80. The van der Waals surface area contributed by atoms with Crippen LogP contribution in [0.1, 0.15) is 56.0 Å². The van der Waals surface area contributed by atoms with Crippen LogP contribution in [0, 0.1) is 5.92 Å². The predicted octanol–water partition coefficient (Wildman–Crippen LogP) is 6.98. The number of nitrogens with zero attached hydrogens (tertiary/aromatic N) is 4. The highest BCUT2D eigenvalue weighted by Crippen LogP contribution is 2.58. The molecule has 18 heteroatoms. The van der Waals surface area contributed by atoms with E-state index in [4.69, 9.17) is 28.0 Å². The molecule has 3 fully saturated rings. The summed E-state index contributed by atoms with van der Waals surface area (Å²) in [5.74, 6) is 0.496. The molecule has 65 heavy (non-hydrogen) atoms. The number of methoxy groups -OCH3 is 2. The summed E-state index contributed by atoms with van der Waals surface area (Å²) in [5.41, 5.74) is 1.08. The SMILES string of the molecule is COc1ccc(C(OC[C@@H]2O[C@H](n3cnc4c(=O)[nH]c(NC(=O)C(C)C)nc43)C[C@H]2O[P@]2O[C@H](CS(=O)(=O)c3ccccc3)[C@@H]3CCCN32)(c2ccccc2)c2ccc(OC)cc2)cc1. The highest BCUT2D eigenvalue weighted by molar-refractivity contribution is 7.91. The van der Waals surface area contributed by atoms with Gasteiger partial charge in [-0.15, -0.1) is 0 Å². The highest BCUT2D eigenvalue weighted by atomic mass is 32.2. The fourth-order valence-corrected chi connectivity index (χ4v) is 12.3. The molecule has 4 aromatic carbocycles. The molecule has 3 aliphatic heterocycles. The van der Waals surface area contributed by atoms with Gasteiger partial charge in [0.25, 0.3) is 14.1 Å². The minimum atomic E-state index is -3.66. The smallest absolute Gasteiger partial charge is 0.280 e. The molecule has 2 N–H and O–H groups in total. The molecule has 5 heterocycles. The van der Waals surface area contributed by atoms with Gasteiger partial charge in [-0.25, -0.2) is 18.1 Å². The lowest BCUT2D eigenvalue weighted by Gasteiger charge is -2.37. The molecule has 9 rings (SSSR count). The number of sulfone groups is 1. The fourth-order valence-electron chi connectivity index (χ4n) is 8.76. The molecule has 0 bridgehead atoms. The van der Waals surface area contributed by atoms with Crippen molar-refractivity contribution in [2.75, 3.05) is 38.4 Å². The summed E-state index contributed by atoms with van der Waals surface area (Å²) < 4.78 is 70.2. The summed E-state index contributed by atoms with van der Waals surface area (Å²) in [5, 5.41) is 2.69. The van der Waals surface area contributed by atoms with Crippen molar-refractivity contribution in [3.05, 3.63) is 143 Å². The van der Waals surface area contributed by atoms with E-state index in [1.807, 2.05) is 78.9 Å². The topological polar surface area (TPSA) is 185 Å². The van der Waals surface area contributed by atoms with Crippen LogP contribution < -0.4 is 20.3 Å². The van der Waals surface area contributed by atoms with Crippen LogP contribution in [0.4, 0.5) is 5.95 Å². The second-order valence-electron chi connectivity index (χ2n) is 16.6. The number of carbonyl (C=O) groups excluding carboxylic acids is 1. The number of rotatable bonds is 16. The molecule has 0 unspecified atom stereocenters. The van der Waals surface area contributed by atoms with Gasteiger partial charge in [0, 0.05) is 24.9 Å². The summed E-state index contributed by atoms with van der Waals surface area (Å²) in [6.07, 6.45) is 0.644. The van der Waals surface area contributed by atoms with E-state index in [0.717, 1.165) is 29.5 Å². The number of hydrogen-bond donors (Lipinski definition) is 2. The second kappa shape index (κ2) is 18.8. The molecule has 16 nitrogen and oxygen atoms in total. The maximum atomic E-state index is 13.7. The molecule has 6 atom stereocenters. The Kier molecular flexibility index (Phi) is 12.9. The predicted molar refractivity (Wildman–Crippen MR) is 243 cm³/mol. The van der Waals surface area contributed by atoms with Gasteiger partial charge in [-0.05, 0) is 65.9 Å². The number of amides is 1. The second-order valence-corrected chi connectivity index (χ2v) is 20.0. The van der Waals surface area contributed by atoms with E-state index in [0.29, 0.717) is 18.0 Å². The van der Waals surface area contributed by atoms with Crippen LogP contribution in [0.3, 0.4) is 0 Å². The lowest BCUT2D eigenvalue weighted by molar-refractivity contribution is -0.118. The molecule has 3 saturated heterocycles. The summed E-state index contributed by atoms with van der Waals surface area (Å²) >= 11 is 0. The van der Waals surface area contributed by atoms with Crippen molar-refractivity contribution in [3.8, 4) is 11.5 Å². The van der Waals surface area contributed by atoms with Crippen LogP contribution >= 0.6 is 8.53 Å². The number of fused-ring (bicyclic) bond motifs is 2. The average Bonchev–Trinajstić information content (AvgIpc) is 4.13. The standard InChI is InChI=1S/C47H51N6O10PS/c1-30(2)44(54)50-46-49-43-42(45(55)51-46)48-29-52(43)41-26-38(62-64-53-25-11-16-37(53)40(63-64)28-65(56,57)36-14-9-6-10-15-36)39(61-41)27-60-47(31-12-7-5-8-13-31,32-17-21-34(58-3)22-18-32)33-19-23-35(59-4)24-20-33/h5-10,12-15,17-24,29-30,37-41H,11,16,25-28H2,1-4H3,(H2,49,50,51,54,55)/t37-,38+,39-,40+,41-,64+/m0/s1. The Labute approximate surface area is 378 Å². The highest BCUT2D eigenvalue weighted by Gasteiger charge is 2.51. The number of carbonyl (C=O) groups is 1. The molecule has 2 aromatic heterocycles. The van der Waals surface area contributed by atoms with Crippen LogP contribution in [0.5, 0.6) is 11.5 Å². The molecule has 0 radical (unpaired) electrons. The fraction of sp³-hybridized carbons (Fsp3) is 0.362. The van der Waals surface area contributed by atoms with Gasteiger partial charge < -0.3 is 28.0 Å². The van der Waals surface area contributed by atoms with Gasteiger partial charge in [0.1, 0.15) is 29.4 Å². The third kappa shape index (κ3) is 8.94. The van der Waals surface area contributed by atoms with Crippen molar-refractivity contribution < 1.29 is 41.2 Å². The molecular formula is C47H51N6O10PS. The van der Waals surface area contributed by atoms with Gasteiger partial charge in [0.15, 0.2) is 21.0 Å². The number of aromatic amines is 1. The molecular weight excluding hydrogens is 872 g/mol. The van der Waals surface area contributed by atoms with Crippen molar-refractivity contribution in [3.63, 3.8) is 0 Å². The van der Waals surface area contributed by atoms with E-state index in [1.54, 1.807) is 63.0 Å². The van der Waals surface area contributed by atoms with E-state index < -0.39 is 54.1 Å². The largest absolute Gasteiger partial charge is 0.497 e. The maximum Gasteiger partial charge on any atom is 0.280 e. The van der Waals surface area contributed by atoms with E-state index in [9.17, 15) is 18.0 Å². The minimum Gasteiger partial charge on any atom is -0.497 e. The van der Waals surface area contributed by atoms with E-state index >= 15 is 0 Å². The Morgan fingerprint density at radius 1 is 0.908 bits per heavy atom. The molecule has 340 valence electrons. The Bertz CT molecular complexity index is 2730. The van der Waals surface area contributed by atoms with Crippen molar-refractivity contribution in [2.45, 2.75) is 74.2 Å². The first-order chi connectivity index (χ1) is 31.5. The summed E-state index contributed by atoms with van der Waals surface area (Å²) in [4.78, 5) is 37.8. The lowest BCUT2D eigenvalue weighted by Crippen LogP contribution is -2.38. The normalized spacial score (nSPS) is 22.4.